The van der Waals surface area contributed by atoms with Crippen molar-refractivity contribution < 1.29 is 9.18 Å². The van der Waals surface area contributed by atoms with Gasteiger partial charge in [-0.15, -0.1) is 22.7 Å². The van der Waals surface area contributed by atoms with Gasteiger partial charge in [-0.05, 0) is 55.6 Å². The second-order valence-electron chi connectivity index (χ2n) is 7.66. The number of rotatable bonds is 6. The lowest BCUT2D eigenvalue weighted by molar-refractivity contribution is 0.0986. The van der Waals surface area contributed by atoms with Crippen LogP contribution in [0.15, 0.2) is 59.4 Å². The summed E-state index contributed by atoms with van der Waals surface area (Å²) in [5.41, 5.74) is 3.27. The first-order valence-corrected chi connectivity index (χ1v) is 12.1. The first-order chi connectivity index (χ1) is 16.0. The highest BCUT2D eigenvalue weighted by molar-refractivity contribution is 7.10. The van der Waals surface area contributed by atoms with Gasteiger partial charge in [0.05, 0.1) is 40.9 Å². The van der Waals surface area contributed by atoms with Crippen molar-refractivity contribution in [1.29, 1.82) is 0 Å². The van der Waals surface area contributed by atoms with Gasteiger partial charge < -0.3 is 4.90 Å². The lowest BCUT2D eigenvalue weighted by atomic mass is 10.1. The van der Waals surface area contributed by atoms with Crippen molar-refractivity contribution in [1.82, 2.24) is 19.7 Å². The summed E-state index contributed by atoms with van der Waals surface area (Å²) in [6, 6.07) is 11.8. The maximum Gasteiger partial charge on any atom is 0.259 e. The molecule has 166 valence electrons. The van der Waals surface area contributed by atoms with Gasteiger partial charge in [0.1, 0.15) is 5.82 Å². The number of carbonyl (C=O) groups is 1. The topological polar surface area (TPSA) is 63.9 Å². The van der Waals surface area contributed by atoms with E-state index in [1.54, 1.807) is 40.6 Å². The Morgan fingerprint density at radius 3 is 2.64 bits per heavy atom. The molecule has 9 heteroatoms. The number of benzene rings is 1. The fraction of sp³-hybridized carbons (Fsp3) is 0.167. The zero-order chi connectivity index (χ0) is 22.9. The molecule has 0 saturated carbocycles. The maximum atomic E-state index is 13.9. The summed E-state index contributed by atoms with van der Waals surface area (Å²) in [6.45, 7) is 4.66. The minimum Gasteiger partial charge on any atom is -0.302 e. The quantitative estimate of drug-likeness (QED) is 0.319. The number of aryl methyl sites for hydroxylation is 2. The van der Waals surface area contributed by atoms with Crippen LogP contribution in [0.4, 0.5) is 10.1 Å². The summed E-state index contributed by atoms with van der Waals surface area (Å²) >= 11 is 3.18. The summed E-state index contributed by atoms with van der Waals surface area (Å²) in [4.78, 5) is 25.8. The van der Waals surface area contributed by atoms with Gasteiger partial charge in [0, 0.05) is 21.6 Å². The lowest BCUT2D eigenvalue weighted by Gasteiger charge is -2.22. The molecule has 0 bridgehead atoms. The highest BCUT2D eigenvalue weighted by Crippen LogP contribution is 2.26. The summed E-state index contributed by atoms with van der Waals surface area (Å²) in [6.07, 6.45) is 1.69. The highest BCUT2D eigenvalue weighted by atomic mass is 32.1. The van der Waals surface area contributed by atoms with Crippen molar-refractivity contribution in [3.05, 3.63) is 92.1 Å². The third-order valence-corrected chi connectivity index (χ3v) is 6.91. The van der Waals surface area contributed by atoms with E-state index in [1.165, 1.54) is 23.5 Å². The summed E-state index contributed by atoms with van der Waals surface area (Å²) in [5.74, 6) is -0.564. The van der Waals surface area contributed by atoms with Crippen LogP contribution in [0.25, 0.3) is 11.0 Å². The van der Waals surface area contributed by atoms with E-state index in [4.69, 9.17) is 0 Å². The zero-order valence-electron chi connectivity index (χ0n) is 18.0. The number of carbonyl (C=O) groups excluding carboxylic acids is 1. The molecule has 0 spiro atoms. The molecule has 4 heterocycles. The number of hydrogen-bond donors (Lipinski definition) is 0. The van der Waals surface area contributed by atoms with E-state index in [0.717, 1.165) is 21.3 Å². The molecule has 0 aliphatic heterocycles. The van der Waals surface area contributed by atoms with Gasteiger partial charge in [-0.1, -0.05) is 6.07 Å². The number of anilines is 1. The molecule has 1 aromatic carbocycles. The Balaban J connectivity index is 1.57. The zero-order valence-corrected chi connectivity index (χ0v) is 19.7. The van der Waals surface area contributed by atoms with Crippen LogP contribution in [0.2, 0.25) is 0 Å². The molecular formula is C24H20FN5OS2. The van der Waals surface area contributed by atoms with Crippen LogP contribution < -0.4 is 4.90 Å². The molecule has 5 rings (SSSR count). The number of pyridine rings is 1. The summed E-state index contributed by atoms with van der Waals surface area (Å²) in [5, 5.41) is 10.1. The molecule has 5 aromatic rings. The molecule has 0 saturated heterocycles. The van der Waals surface area contributed by atoms with Crippen molar-refractivity contribution >= 4 is 45.3 Å². The molecule has 0 aliphatic rings. The number of fused-ring (bicyclic) bond motifs is 1. The van der Waals surface area contributed by atoms with Crippen molar-refractivity contribution in [3.63, 3.8) is 0 Å². The molecule has 0 N–H and O–H groups in total. The van der Waals surface area contributed by atoms with E-state index in [1.807, 2.05) is 41.4 Å². The summed E-state index contributed by atoms with van der Waals surface area (Å²) in [7, 11) is 0. The minimum atomic E-state index is -0.354. The largest absolute Gasteiger partial charge is 0.302 e. The van der Waals surface area contributed by atoms with Crippen LogP contribution in [-0.4, -0.2) is 25.7 Å². The first-order valence-electron chi connectivity index (χ1n) is 10.3. The van der Waals surface area contributed by atoms with Crippen LogP contribution in [0.1, 0.15) is 31.6 Å². The Hall–Kier alpha value is -3.43. The fourth-order valence-corrected chi connectivity index (χ4v) is 4.99. The summed E-state index contributed by atoms with van der Waals surface area (Å²) < 4.78 is 15.4. The second kappa shape index (κ2) is 8.84. The Bertz CT molecular complexity index is 1420. The average molecular weight is 478 g/mol. The molecule has 4 aromatic heterocycles. The monoisotopic (exact) mass is 477 g/mol. The van der Waals surface area contributed by atoms with Gasteiger partial charge in [-0.25, -0.2) is 19.0 Å². The van der Waals surface area contributed by atoms with E-state index in [-0.39, 0.29) is 18.3 Å². The molecule has 0 unspecified atom stereocenters. The van der Waals surface area contributed by atoms with E-state index >= 15 is 0 Å². The van der Waals surface area contributed by atoms with Crippen LogP contribution in [0.3, 0.4) is 0 Å². The number of amides is 1. The molecule has 0 radical (unpaired) electrons. The van der Waals surface area contributed by atoms with Gasteiger partial charge in [0.25, 0.3) is 5.91 Å². The van der Waals surface area contributed by atoms with Gasteiger partial charge >= 0.3 is 0 Å². The molecular weight excluding hydrogens is 457 g/mol. The number of aromatic nitrogens is 4. The molecule has 0 atom stereocenters. The van der Waals surface area contributed by atoms with Crippen molar-refractivity contribution in [3.8, 4) is 0 Å². The molecule has 0 aliphatic carbocycles. The molecule has 1 amide bonds. The molecule has 0 fully saturated rings. The predicted octanol–water partition coefficient (Wildman–Crippen LogP) is 5.60. The van der Waals surface area contributed by atoms with Gasteiger partial charge in [0.2, 0.25) is 0 Å². The van der Waals surface area contributed by atoms with Crippen LogP contribution in [0, 0.1) is 19.7 Å². The minimum absolute atomic E-state index is 0.210. The number of thiophene rings is 1. The smallest absolute Gasteiger partial charge is 0.259 e. The van der Waals surface area contributed by atoms with E-state index in [2.05, 4.69) is 15.1 Å². The van der Waals surface area contributed by atoms with E-state index in [0.29, 0.717) is 28.8 Å². The Kier molecular flexibility index (Phi) is 5.74. The van der Waals surface area contributed by atoms with Crippen LogP contribution in [0.5, 0.6) is 0 Å². The first kappa shape index (κ1) is 21.4. The normalized spacial score (nSPS) is 11.2. The number of thiazole rings is 1. The number of nitrogens with zero attached hydrogens (tertiary/aromatic N) is 5. The SMILES string of the molecule is Cc1cc(C(=O)N(Cc2csc(C)n2)c2ccc(F)cc2)c2cnn(Cc3cccs3)c2n1. The van der Waals surface area contributed by atoms with E-state index in [9.17, 15) is 9.18 Å². The lowest BCUT2D eigenvalue weighted by Crippen LogP contribution is -2.31. The Morgan fingerprint density at radius 1 is 1.12 bits per heavy atom. The molecule has 6 nitrogen and oxygen atoms in total. The Morgan fingerprint density at radius 2 is 1.94 bits per heavy atom. The molecule has 33 heavy (non-hydrogen) atoms. The number of halogens is 1. The fourth-order valence-electron chi connectivity index (χ4n) is 3.71. The van der Waals surface area contributed by atoms with Gasteiger partial charge in [0.15, 0.2) is 5.65 Å². The highest BCUT2D eigenvalue weighted by Gasteiger charge is 2.24. The number of hydrogen-bond acceptors (Lipinski definition) is 6. The van der Waals surface area contributed by atoms with Crippen molar-refractivity contribution in [2.75, 3.05) is 4.90 Å². The maximum absolute atomic E-state index is 13.9. The standard InChI is InChI=1S/C24H20FN5OS2/c1-15-10-21(22-11-26-30(23(22)27-15)13-20-4-3-9-32-20)24(31)29(12-18-14-33-16(2)28-18)19-7-5-17(25)6-8-19/h3-11,14H,12-13H2,1-2H3. The average Bonchev–Trinajstić information content (AvgIpc) is 3.55. The predicted molar refractivity (Wildman–Crippen MR) is 129 cm³/mol. The third kappa shape index (κ3) is 4.42. The van der Waals surface area contributed by atoms with Crippen LogP contribution >= 0.6 is 22.7 Å². The third-order valence-electron chi connectivity index (χ3n) is 5.22. The Labute approximate surface area is 198 Å². The van der Waals surface area contributed by atoms with Gasteiger partial charge in [-0.2, -0.15) is 5.10 Å². The van der Waals surface area contributed by atoms with Crippen molar-refractivity contribution in [2.24, 2.45) is 0 Å². The van der Waals surface area contributed by atoms with Crippen molar-refractivity contribution in [2.45, 2.75) is 26.9 Å². The van der Waals surface area contributed by atoms with Gasteiger partial charge in [-0.3, -0.25) is 4.79 Å². The van der Waals surface area contributed by atoms with Crippen LogP contribution in [-0.2, 0) is 13.1 Å². The van der Waals surface area contributed by atoms with E-state index < -0.39 is 0 Å². The second-order valence-corrected chi connectivity index (χ2v) is 9.75.